The van der Waals surface area contributed by atoms with Crippen LogP contribution in [0.2, 0.25) is 0 Å². The first-order valence-electron chi connectivity index (χ1n) is 8.00. The third-order valence-corrected chi connectivity index (χ3v) is 4.21. The highest BCUT2D eigenvalue weighted by Gasteiger charge is 2.21. The largest absolute Gasteiger partial charge is 0.336 e. The molecule has 0 radical (unpaired) electrons. The Morgan fingerprint density at radius 3 is 2.25 bits per heavy atom. The van der Waals surface area contributed by atoms with Gasteiger partial charge in [0.2, 0.25) is 0 Å². The van der Waals surface area contributed by atoms with Crippen LogP contribution >= 0.6 is 0 Å². The lowest BCUT2D eigenvalue weighted by atomic mass is 10.0. The Balaban J connectivity index is 1.77. The van der Waals surface area contributed by atoms with E-state index >= 15 is 0 Å². The normalized spacial score (nSPS) is 13.8. The molecule has 124 valence electrons. The molecule has 3 rings (SSSR count). The molecule has 0 aromatic heterocycles. The number of anilines is 2. The summed E-state index contributed by atoms with van der Waals surface area (Å²) in [6.45, 7) is 7.31. The molecule has 3 amide bonds. The van der Waals surface area contributed by atoms with Crippen molar-refractivity contribution in [3.63, 3.8) is 0 Å². The zero-order valence-electron chi connectivity index (χ0n) is 14.1. The van der Waals surface area contributed by atoms with Crippen molar-refractivity contribution in [2.75, 3.05) is 23.3 Å². The van der Waals surface area contributed by atoms with E-state index in [4.69, 9.17) is 0 Å². The van der Waals surface area contributed by atoms with Gasteiger partial charge in [0.05, 0.1) is 0 Å². The number of nitrogens with one attached hydrogen (secondary N) is 2. The Morgan fingerprint density at radius 1 is 1.08 bits per heavy atom. The molecule has 0 spiro atoms. The van der Waals surface area contributed by atoms with E-state index in [0.29, 0.717) is 18.7 Å². The number of hydrogen-bond acceptors (Lipinski definition) is 2. The maximum atomic E-state index is 12.5. The predicted octanol–water partition coefficient (Wildman–Crippen LogP) is 3.39. The average Bonchev–Trinajstić information content (AvgIpc) is 2.97. The van der Waals surface area contributed by atoms with Crippen LogP contribution in [0.3, 0.4) is 0 Å². The van der Waals surface area contributed by atoms with Gasteiger partial charge in [-0.15, -0.1) is 0 Å². The van der Waals surface area contributed by atoms with Crippen LogP contribution < -0.4 is 15.5 Å². The second kappa shape index (κ2) is 6.35. The Kier molecular flexibility index (Phi) is 4.25. The van der Waals surface area contributed by atoms with Crippen LogP contribution in [0.1, 0.15) is 27.0 Å². The van der Waals surface area contributed by atoms with E-state index in [-0.39, 0.29) is 11.9 Å². The van der Waals surface area contributed by atoms with Crippen LogP contribution in [0.15, 0.2) is 36.4 Å². The lowest BCUT2D eigenvalue weighted by Gasteiger charge is -2.15. The highest BCUT2D eigenvalue weighted by molar-refractivity contribution is 6.05. The number of aryl methyl sites for hydroxylation is 3. The van der Waals surface area contributed by atoms with Gasteiger partial charge in [-0.3, -0.25) is 9.69 Å². The number of hydrogen-bond donors (Lipinski definition) is 2. The molecule has 5 heteroatoms. The number of carbonyl (C=O) groups excluding carboxylic acids is 2. The van der Waals surface area contributed by atoms with E-state index in [9.17, 15) is 9.59 Å². The third-order valence-electron chi connectivity index (χ3n) is 4.21. The standard InChI is InChI=1S/C19H21N3O2/c1-12-10-13(2)17(14(3)11-12)21-18(23)15-4-6-16(7-5-15)22-9-8-20-19(22)24/h4-7,10-11H,8-9H2,1-3H3,(H,20,24)(H,21,23). The summed E-state index contributed by atoms with van der Waals surface area (Å²) in [5, 5.41) is 5.75. The van der Waals surface area contributed by atoms with E-state index in [0.717, 1.165) is 22.5 Å². The smallest absolute Gasteiger partial charge is 0.321 e. The molecule has 0 bridgehead atoms. The van der Waals surface area contributed by atoms with Crippen LogP contribution in [0, 0.1) is 20.8 Å². The lowest BCUT2D eigenvalue weighted by molar-refractivity contribution is 0.102. The summed E-state index contributed by atoms with van der Waals surface area (Å²) in [7, 11) is 0. The topological polar surface area (TPSA) is 61.4 Å². The molecule has 0 aliphatic carbocycles. The minimum Gasteiger partial charge on any atom is -0.336 e. The quantitative estimate of drug-likeness (QED) is 0.909. The molecule has 2 aromatic rings. The highest BCUT2D eigenvalue weighted by atomic mass is 16.2. The fraction of sp³-hybridized carbons (Fsp3) is 0.263. The molecule has 1 heterocycles. The second-order valence-electron chi connectivity index (χ2n) is 6.16. The first kappa shape index (κ1) is 16.1. The molecule has 1 aliphatic heterocycles. The third kappa shape index (κ3) is 3.11. The first-order chi connectivity index (χ1) is 11.5. The van der Waals surface area contributed by atoms with Crippen molar-refractivity contribution in [2.24, 2.45) is 0 Å². The molecular formula is C19H21N3O2. The van der Waals surface area contributed by atoms with Gasteiger partial charge in [0.1, 0.15) is 0 Å². The lowest BCUT2D eigenvalue weighted by Crippen LogP contribution is -2.27. The minimum absolute atomic E-state index is 0.0990. The molecule has 2 N–H and O–H groups in total. The molecule has 2 aromatic carbocycles. The van der Waals surface area contributed by atoms with Crippen molar-refractivity contribution < 1.29 is 9.59 Å². The van der Waals surface area contributed by atoms with E-state index in [1.54, 1.807) is 29.2 Å². The number of rotatable bonds is 3. The van der Waals surface area contributed by atoms with Crippen molar-refractivity contribution in [1.29, 1.82) is 0 Å². The van der Waals surface area contributed by atoms with Crippen LogP contribution in [-0.2, 0) is 0 Å². The van der Waals surface area contributed by atoms with Gasteiger partial charge < -0.3 is 10.6 Å². The van der Waals surface area contributed by atoms with Gasteiger partial charge in [0, 0.05) is 30.0 Å². The van der Waals surface area contributed by atoms with Gasteiger partial charge in [-0.25, -0.2) is 4.79 Å². The van der Waals surface area contributed by atoms with Crippen LogP contribution in [0.25, 0.3) is 0 Å². The molecule has 0 saturated carbocycles. The molecular weight excluding hydrogens is 302 g/mol. The summed E-state index contributed by atoms with van der Waals surface area (Å²) >= 11 is 0. The SMILES string of the molecule is Cc1cc(C)c(NC(=O)c2ccc(N3CCNC3=O)cc2)c(C)c1. The molecule has 5 nitrogen and oxygen atoms in total. The van der Waals surface area contributed by atoms with Crippen molar-refractivity contribution >= 4 is 23.3 Å². The van der Waals surface area contributed by atoms with Crippen LogP contribution in [0.4, 0.5) is 16.2 Å². The Bertz CT molecular complexity index is 774. The Hall–Kier alpha value is -2.82. The number of nitrogens with zero attached hydrogens (tertiary/aromatic N) is 1. The maximum absolute atomic E-state index is 12.5. The van der Waals surface area contributed by atoms with Gasteiger partial charge >= 0.3 is 6.03 Å². The average molecular weight is 323 g/mol. The van der Waals surface area contributed by atoms with Gasteiger partial charge in [0.15, 0.2) is 0 Å². The summed E-state index contributed by atoms with van der Waals surface area (Å²) in [5.41, 5.74) is 5.49. The number of amides is 3. The van der Waals surface area contributed by atoms with E-state index in [1.807, 2.05) is 20.8 Å². The molecule has 1 fully saturated rings. The number of carbonyl (C=O) groups is 2. The van der Waals surface area contributed by atoms with Crippen LogP contribution in [0.5, 0.6) is 0 Å². The van der Waals surface area contributed by atoms with Crippen molar-refractivity contribution in [1.82, 2.24) is 5.32 Å². The summed E-state index contributed by atoms with van der Waals surface area (Å²) in [5.74, 6) is -0.150. The number of benzene rings is 2. The van der Waals surface area contributed by atoms with Gasteiger partial charge in [-0.1, -0.05) is 17.7 Å². The monoisotopic (exact) mass is 323 g/mol. The molecule has 1 saturated heterocycles. The van der Waals surface area contributed by atoms with Crippen molar-refractivity contribution in [3.05, 3.63) is 58.7 Å². The van der Waals surface area contributed by atoms with Crippen molar-refractivity contribution in [3.8, 4) is 0 Å². The zero-order valence-corrected chi connectivity index (χ0v) is 14.1. The van der Waals surface area contributed by atoms with E-state index in [2.05, 4.69) is 22.8 Å². The fourth-order valence-corrected chi connectivity index (χ4v) is 3.07. The Labute approximate surface area is 141 Å². The van der Waals surface area contributed by atoms with Gasteiger partial charge in [-0.2, -0.15) is 0 Å². The van der Waals surface area contributed by atoms with Crippen molar-refractivity contribution in [2.45, 2.75) is 20.8 Å². The summed E-state index contributed by atoms with van der Waals surface area (Å²) < 4.78 is 0. The minimum atomic E-state index is -0.150. The summed E-state index contributed by atoms with van der Waals surface area (Å²) in [6.07, 6.45) is 0. The molecule has 0 atom stereocenters. The molecule has 1 aliphatic rings. The number of urea groups is 1. The molecule has 24 heavy (non-hydrogen) atoms. The van der Waals surface area contributed by atoms with Gasteiger partial charge in [0.25, 0.3) is 5.91 Å². The highest BCUT2D eigenvalue weighted by Crippen LogP contribution is 2.23. The fourth-order valence-electron chi connectivity index (χ4n) is 3.07. The summed E-state index contributed by atoms with van der Waals surface area (Å²) in [4.78, 5) is 25.8. The Morgan fingerprint density at radius 2 is 1.71 bits per heavy atom. The second-order valence-corrected chi connectivity index (χ2v) is 6.16. The van der Waals surface area contributed by atoms with Crippen LogP contribution in [-0.4, -0.2) is 25.0 Å². The first-order valence-corrected chi connectivity index (χ1v) is 8.00. The predicted molar refractivity (Wildman–Crippen MR) is 95.8 cm³/mol. The van der Waals surface area contributed by atoms with Gasteiger partial charge in [-0.05, 0) is 56.2 Å². The van der Waals surface area contributed by atoms with E-state index in [1.165, 1.54) is 5.56 Å². The summed E-state index contributed by atoms with van der Waals surface area (Å²) in [6, 6.07) is 11.1. The van der Waals surface area contributed by atoms with E-state index < -0.39 is 0 Å². The zero-order chi connectivity index (χ0) is 17.3. The molecule has 0 unspecified atom stereocenters. The maximum Gasteiger partial charge on any atom is 0.321 e.